The number of rotatable bonds is 9. The molecule has 160 valence electrons. The van der Waals surface area contributed by atoms with E-state index in [9.17, 15) is 14.4 Å². The lowest BCUT2D eigenvalue weighted by molar-refractivity contribution is -0.119. The lowest BCUT2D eigenvalue weighted by Crippen LogP contribution is -2.22. The van der Waals surface area contributed by atoms with Crippen molar-refractivity contribution in [3.8, 4) is 17.2 Å². The maximum absolute atomic E-state index is 12.4. The molecule has 2 rings (SSSR count). The number of ether oxygens (including phenoxy) is 5. The van der Waals surface area contributed by atoms with E-state index in [-0.39, 0.29) is 34.9 Å². The summed E-state index contributed by atoms with van der Waals surface area (Å²) in [7, 11) is 4.28. The zero-order chi connectivity index (χ0) is 22.1. The first kappa shape index (κ1) is 22.5. The molecule has 30 heavy (non-hydrogen) atoms. The van der Waals surface area contributed by atoms with E-state index in [1.807, 2.05) is 0 Å². The molecule has 0 aliphatic rings. The van der Waals surface area contributed by atoms with Crippen LogP contribution >= 0.6 is 0 Å². The van der Waals surface area contributed by atoms with Gasteiger partial charge in [0.25, 0.3) is 5.91 Å². The molecule has 9 heteroatoms. The molecular weight excluding hydrogens is 394 g/mol. The summed E-state index contributed by atoms with van der Waals surface area (Å²) in [6.07, 6.45) is 0. The molecule has 0 spiro atoms. The van der Waals surface area contributed by atoms with E-state index in [0.29, 0.717) is 5.75 Å². The highest BCUT2D eigenvalue weighted by Gasteiger charge is 2.19. The van der Waals surface area contributed by atoms with Crippen molar-refractivity contribution in [2.45, 2.75) is 6.92 Å². The summed E-state index contributed by atoms with van der Waals surface area (Å²) in [6, 6.07) is 9.20. The van der Waals surface area contributed by atoms with Gasteiger partial charge in [0, 0.05) is 0 Å². The molecule has 0 saturated carbocycles. The van der Waals surface area contributed by atoms with Crippen LogP contribution in [-0.4, -0.2) is 52.4 Å². The first-order valence-corrected chi connectivity index (χ1v) is 8.98. The normalized spacial score (nSPS) is 10.0. The summed E-state index contributed by atoms with van der Waals surface area (Å²) in [6.45, 7) is 1.32. The van der Waals surface area contributed by atoms with Gasteiger partial charge in [-0.05, 0) is 31.2 Å². The van der Waals surface area contributed by atoms with E-state index in [0.717, 1.165) is 0 Å². The average Bonchev–Trinajstić information content (AvgIpc) is 2.76. The third-order valence-corrected chi connectivity index (χ3v) is 3.93. The predicted molar refractivity (Wildman–Crippen MR) is 107 cm³/mol. The van der Waals surface area contributed by atoms with E-state index in [1.165, 1.54) is 39.5 Å². The van der Waals surface area contributed by atoms with Gasteiger partial charge in [0.2, 0.25) is 5.75 Å². The van der Waals surface area contributed by atoms with Gasteiger partial charge in [0.15, 0.2) is 18.1 Å². The molecule has 9 nitrogen and oxygen atoms in total. The molecular formula is C21H23NO8. The Balaban J connectivity index is 2.07. The van der Waals surface area contributed by atoms with Gasteiger partial charge in [-0.2, -0.15) is 0 Å². The van der Waals surface area contributed by atoms with Crippen LogP contribution in [0.1, 0.15) is 27.6 Å². The molecule has 1 amide bonds. The highest BCUT2D eigenvalue weighted by atomic mass is 16.5. The smallest absolute Gasteiger partial charge is 0.340 e. The highest BCUT2D eigenvalue weighted by Crippen LogP contribution is 2.38. The van der Waals surface area contributed by atoms with Gasteiger partial charge in [0.1, 0.15) is 0 Å². The van der Waals surface area contributed by atoms with Crippen LogP contribution in [0.15, 0.2) is 36.4 Å². The minimum Gasteiger partial charge on any atom is -0.493 e. The molecule has 0 radical (unpaired) electrons. The molecule has 0 heterocycles. The van der Waals surface area contributed by atoms with Crippen molar-refractivity contribution in [3.63, 3.8) is 0 Å². The predicted octanol–water partition coefficient (Wildman–Crippen LogP) is 2.68. The van der Waals surface area contributed by atoms with Crippen LogP contribution in [-0.2, 0) is 14.3 Å². The molecule has 0 aromatic heterocycles. The van der Waals surface area contributed by atoms with Crippen LogP contribution < -0.4 is 19.5 Å². The molecule has 1 N–H and O–H groups in total. The van der Waals surface area contributed by atoms with Crippen molar-refractivity contribution < 1.29 is 38.1 Å². The number of nitrogens with one attached hydrogen (secondary N) is 1. The van der Waals surface area contributed by atoms with E-state index in [1.54, 1.807) is 25.1 Å². The Morgan fingerprint density at radius 3 is 2.07 bits per heavy atom. The summed E-state index contributed by atoms with van der Waals surface area (Å²) >= 11 is 0. The highest BCUT2D eigenvalue weighted by molar-refractivity contribution is 6.02. The van der Waals surface area contributed by atoms with Gasteiger partial charge in [-0.3, -0.25) is 4.79 Å². The van der Waals surface area contributed by atoms with E-state index in [2.05, 4.69) is 5.32 Å². The second-order valence-corrected chi connectivity index (χ2v) is 5.80. The largest absolute Gasteiger partial charge is 0.493 e. The third-order valence-electron chi connectivity index (χ3n) is 3.93. The first-order valence-electron chi connectivity index (χ1n) is 8.98. The molecule has 0 fully saturated rings. The van der Waals surface area contributed by atoms with Gasteiger partial charge >= 0.3 is 11.9 Å². The summed E-state index contributed by atoms with van der Waals surface area (Å²) < 4.78 is 25.6. The van der Waals surface area contributed by atoms with Crippen molar-refractivity contribution in [1.29, 1.82) is 0 Å². The number of benzene rings is 2. The second kappa shape index (κ2) is 10.7. The van der Waals surface area contributed by atoms with Crippen molar-refractivity contribution in [2.75, 3.05) is 39.9 Å². The number of carbonyl (C=O) groups excluding carboxylic acids is 3. The molecule has 0 saturated heterocycles. The molecule has 0 aliphatic carbocycles. The van der Waals surface area contributed by atoms with Crippen LogP contribution in [0.4, 0.5) is 5.69 Å². The van der Waals surface area contributed by atoms with Gasteiger partial charge in [-0.15, -0.1) is 0 Å². The quantitative estimate of drug-likeness (QED) is 0.620. The van der Waals surface area contributed by atoms with Gasteiger partial charge < -0.3 is 29.0 Å². The van der Waals surface area contributed by atoms with E-state index < -0.39 is 24.5 Å². The molecule has 0 bridgehead atoms. The molecule has 2 aromatic rings. The number of hydrogen-bond acceptors (Lipinski definition) is 8. The summed E-state index contributed by atoms with van der Waals surface area (Å²) in [5.41, 5.74) is 0.567. The third kappa shape index (κ3) is 5.40. The number of carbonyl (C=O) groups is 3. The summed E-state index contributed by atoms with van der Waals surface area (Å²) in [5, 5.41) is 2.53. The monoisotopic (exact) mass is 417 g/mol. The first-order chi connectivity index (χ1) is 14.4. The fourth-order valence-corrected chi connectivity index (χ4v) is 2.58. The summed E-state index contributed by atoms with van der Waals surface area (Å²) in [5.74, 6) is -1.07. The van der Waals surface area contributed by atoms with Crippen molar-refractivity contribution >= 4 is 23.5 Å². The Morgan fingerprint density at radius 1 is 0.867 bits per heavy atom. The maximum atomic E-state index is 12.4. The van der Waals surface area contributed by atoms with E-state index in [4.69, 9.17) is 23.7 Å². The molecule has 0 aliphatic heterocycles. The van der Waals surface area contributed by atoms with Crippen molar-refractivity contribution in [3.05, 3.63) is 47.5 Å². The van der Waals surface area contributed by atoms with Crippen LogP contribution in [0.25, 0.3) is 0 Å². The van der Waals surface area contributed by atoms with Gasteiger partial charge in [0.05, 0.1) is 44.8 Å². The van der Waals surface area contributed by atoms with Crippen LogP contribution in [0.5, 0.6) is 17.2 Å². The maximum Gasteiger partial charge on any atom is 0.340 e. The standard InChI is InChI=1S/C21H23NO8/c1-5-29-21(25)14-8-6-7-9-15(14)22-18(23)12-30-20(24)13-10-16(26-2)19(28-4)17(11-13)27-3/h6-11H,5,12H2,1-4H3,(H,22,23). The number of anilines is 1. The van der Waals surface area contributed by atoms with Crippen LogP contribution in [0.2, 0.25) is 0 Å². The fourth-order valence-electron chi connectivity index (χ4n) is 2.58. The second-order valence-electron chi connectivity index (χ2n) is 5.80. The topological polar surface area (TPSA) is 109 Å². The Kier molecular flexibility index (Phi) is 8.04. The number of methoxy groups -OCH3 is 3. The number of amides is 1. The minimum absolute atomic E-state index is 0.115. The molecule has 0 unspecified atom stereocenters. The Morgan fingerprint density at radius 2 is 1.50 bits per heavy atom. The van der Waals surface area contributed by atoms with Crippen molar-refractivity contribution in [1.82, 2.24) is 0 Å². The zero-order valence-electron chi connectivity index (χ0n) is 17.1. The Bertz CT molecular complexity index is 900. The fraction of sp³-hybridized carbons (Fsp3) is 0.286. The number of hydrogen-bond donors (Lipinski definition) is 1. The molecule has 2 aromatic carbocycles. The van der Waals surface area contributed by atoms with Crippen LogP contribution in [0.3, 0.4) is 0 Å². The lowest BCUT2D eigenvalue weighted by atomic mass is 10.1. The number of para-hydroxylation sites is 1. The zero-order valence-corrected chi connectivity index (χ0v) is 17.1. The van der Waals surface area contributed by atoms with Gasteiger partial charge in [-0.1, -0.05) is 12.1 Å². The Labute approximate surface area is 173 Å². The van der Waals surface area contributed by atoms with Crippen LogP contribution in [0, 0.1) is 0 Å². The minimum atomic E-state index is -0.761. The van der Waals surface area contributed by atoms with E-state index >= 15 is 0 Å². The summed E-state index contributed by atoms with van der Waals surface area (Å²) in [4.78, 5) is 36.6. The number of esters is 2. The van der Waals surface area contributed by atoms with Crippen molar-refractivity contribution in [2.24, 2.45) is 0 Å². The Hall–Kier alpha value is -3.75. The molecule has 0 atom stereocenters. The average molecular weight is 417 g/mol. The van der Waals surface area contributed by atoms with Gasteiger partial charge in [-0.25, -0.2) is 9.59 Å². The lowest BCUT2D eigenvalue weighted by Gasteiger charge is -2.14. The SMILES string of the molecule is CCOC(=O)c1ccccc1NC(=O)COC(=O)c1cc(OC)c(OC)c(OC)c1.